The number of aliphatic hydroxyl groups excluding tert-OH is 1. The number of aromatic nitrogens is 1. The number of amides is 4. The number of nitrogens with zero attached hydrogens (tertiary/aromatic N) is 6. The van der Waals surface area contributed by atoms with Crippen molar-refractivity contribution in [3.8, 4) is 11.8 Å². The Balaban J connectivity index is 0.738. The smallest absolute Gasteiger partial charge is 0.262 e. The third-order valence-corrected chi connectivity index (χ3v) is 14.7. The Bertz CT molecular complexity index is 2650. The largest absolute Gasteiger partial charge is 0.488 e. The minimum atomic E-state index is -1.39. The number of pyridine rings is 1. The van der Waals surface area contributed by atoms with Crippen molar-refractivity contribution in [2.45, 2.75) is 76.3 Å². The van der Waals surface area contributed by atoms with E-state index in [1.807, 2.05) is 21.9 Å². The summed E-state index contributed by atoms with van der Waals surface area (Å²) >= 11 is 0. The first-order chi connectivity index (χ1) is 30.2. The minimum Gasteiger partial charge on any atom is -0.488 e. The van der Waals surface area contributed by atoms with Gasteiger partial charge in [0, 0.05) is 74.8 Å². The summed E-state index contributed by atoms with van der Waals surface area (Å²) in [5, 5.41) is 26.5. The SMILES string of the molecule is CC1(C)C(NC(=O)c2ccc(N3CCC(CN4CCN(c5cc6c(cc5F)C(=O)N(C5CCC(=O)NC5O)C6=O)CC4)CC3)c(F)c2)C2(C)c3ccnc4c(C#N)ccc(c34)O[C@@H]12. The molecule has 4 fully saturated rings. The zero-order valence-corrected chi connectivity index (χ0v) is 35.3. The molecule has 16 heteroatoms. The van der Waals surface area contributed by atoms with Crippen LogP contribution < -0.4 is 25.2 Å². The highest BCUT2D eigenvalue weighted by atomic mass is 19.1. The number of carbonyl (C=O) groups excluding carboxylic acids is 4. The molecule has 0 bridgehead atoms. The number of nitrogens with one attached hydrogen (secondary N) is 2. The van der Waals surface area contributed by atoms with Crippen LogP contribution in [-0.2, 0) is 10.2 Å². The first-order valence-corrected chi connectivity index (χ1v) is 21.7. The van der Waals surface area contributed by atoms with Crippen LogP contribution in [0.2, 0.25) is 0 Å². The molecule has 4 unspecified atom stereocenters. The normalized spacial score (nSPS) is 26.7. The summed E-state index contributed by atoms with van der Waals surface area (Å²) in [6.07, 6.45) is 1.95. The Kier molecular flexibility index (Phi) is 9.72. The fourth-order valence-electron chi connectivity index (χ4n) is 11.5. The van der Waals surface area contributed by atoms with Crippen LogP contribution in [0.15, 0.2) is 54.7 Å². The van der Waals surface area contributed by atoms with Gasteiger partial charge in [0.15, 0.2) is 0 Å². The second kappa shape index (κ2) is 15.0. The van der Waals surface area contributed by atoms with E-state index in [9.17, 15) is 29.5 Å². The van der Waals surface area contributed by atoms with Crippen LogP contribution in [0.25, 0.3) is 10.9 Å². The van der Waals surface area contributed by atoms with E-state index in [0.29, 0.717) is 67.7 Å². The Hall–Kier alpha value is -6.18. The molecule has 63 heavy (non-hydrogen) atoms. The predicted octanol–water partition coefficient (Wildman–Crippen LogP) is 4.47. The van der Waals surface area contributed by atoms with Gasteiger partial charge in [0.2, 0.25) is 5.91 Å². The maximum absolute atomic E-state index is 15.9. The summed E-state index contributed by atoms with van der Waals surface area (Å²) in [6, 6.07) is 13.6. The molecule has 5 aliphatic heterocycles. The number of carbonyl (C=O) groups is 4. The molecule has 0 spiro atoms. The number of nitriles is 1. The van der Waals surface area contributed by atoms with Gasteiger partial charge in [0.05, 0.1) is 51.1 Å². The first kappa shape index (κ1) is 40.9. The number of piperazine rings is 1. The third kappa shape index (κ3) is 6.41. The lowest BCUT2D eigenvalue weighted by Gasteiger charge is -2.66. The molecule has 1 saturated carbocycles. The van der Waals surface area contributed by atoms with Crippen molar-refractivity contribution in [2.24, 2.45) is 11.3 Å². The molecule has 3 aromatic carbocycles. The molecule has 1 aromatic heterocycles. The lowest BCUT2D eigenvalue weighted by atomic mass is 9.45. The van der Waals surface area contributed by atoms with Crippen molar-refractivity contribution in [1.29, 1.82) is 5.26 Å². The second-order valence-electron chi connectivity index (χ2n) is 18.6. The molecule has 1 aliphatic carbocycles. The van der Waals surface area contributed by atoms with E-state index in [2.05, 4.69) is 47.4 Å². The number of ether oxygens (including phenoxy) is 1. The molecule has 0 radical (unpaired) electrons. The van der Waals surface area contributed by atoms with Crippen molar-refractivity contribution in [3.05, 3.63) is 94.2 Å². The van der Waals surface area contributed by atoms with Gasteiger partial charge in [0.25, 0.3) is 17.7 Å². The number of benzene rings is 3. The van der Waals surface area contributed by atoms with Gasteiger partial charge in [-0.2, -0.15) is 5.26 Å². The van der Waals surface area contributed by atoms with Gasteiger partial charge >= 0.3 is 0 Å². The quantitative estimate of drug-likeness (QED) is 0.224. The van der Waals surface area contributed by atoms with Gasteiger partial charge in [-0.3, -0.25) is 34.0 Å². The van der Waals surface area contributed by atoms with Gasteiger partial charge in [-0.1, -0.05) is 13.8 Å². The molecule has 326 valence electrons. The average Bonchev–Trinajstić information content (AvgIpc) is 3.51. The molecule has 6 aliphatic rings. The summed E-state index contributed by atoms with van der Waals surface area (Å²) in [7, 11) is 0. The van der Waals surface area contributed by atoms with Crippen LogP contribution in [0.3, 0.4) is 0 Å². The van der Waals surface area contributed by atoms with Crippen LogP contribution >= 0.6 is 0 Å². The minimum absolute atomic E-state index is 0.0475. The summed E-state index contributed by atoms with van der Waals surface area (Å²) in [4.78, 5) is 63.8. The average molecular weight is 859 g/mol. The molecular weight excluding hydrogens is 811 g/mol. The molecule has 14 nitrogen and oxygen atoms in total. The number of aliphatic hydroxyl groups is 1. The first-order valence-electron chi connectivity index (χ1n) is 21.7. The van der Waals surface area contributed by atoms with Gasteiger partial charge in [-0.15, -0.1) is 0 Å². The van der Waals surface area contributed by atoms with Crippen LogP contribution in [0.1, 0.15) is 88.7 Å². The molecule has 4 aromatic rings. The topological polar surface area (TPSA) is 171 Å². The highest BCUT2D eigenvalue weighted by Crippen LogP contribution is 2.61. The predicted molar refractivity (Wildman–Crippen MR) is 227 cm³/mol. The zero-order valence-electron chi connectivity index (χ0n) is 35.3. The number of anilines is 2. The molecule has 10 rings (SSSR count). The van der Waals surface area contributed by atoms with Crippen molar-refractivity contribution >= 4 is 45.9 Å². The molecule has 3 N–H and O–H groups in total. The van der Waals surface area contributed by atoms with Crippen LogP contribution in [-0.4, -0.2) is 114 Å². The fraction of sp³-hybridized carbons (Fsp3) is 0.447. The number of imide groups is 1. The van der Waals surface area contributed by atoms with E-state index >= 15 is 8.78 Å². The number of fused-ring (bicyclic) bond motifs is 3. The van der Waals surface area contributed by atoms with E-state index in [-0.39, 0.29) is 59.2 Å². The van der Waals surface area contributed by atoms with Crippen LogP contribution in [0.4, 0.5) is 20.2 Å². The Labute approximate surface area is 362 Å². The molecule has 3 saturated heterocycles. The zero-order chi connectivity index (χ0) is 44.1. The fourth-order valence-corrected chi connectivity index (χ4v) is 11.5. The number of rotatable bonds is 7. The van der Waals surface area contributed by atoms with E-state index in [0.717, 1.165) is 41.3 Å². The second-order valence-corrected chi connectivity index (χ2v) is 18.6. The summed E-state index contributed by atoms with van der Waals surface area (Å²) in [5.41, 5.74) is 1.89. The standard InChI is InChI=1S/C47H48F2N8O6/c1-46(2)44(47(3)30-10-13-51-39-27(23-50)5-8-36(38(30)39)63-45(46)47)53-40(59)26-4-6-33(31(48)20-26)55-14-11-25(12-15-55)24-54-16-18-56(19-17-54)35-22-29-28(21-32(35)49)42(61)57(43(29)62)34-7-9-37(58)52-41(34)60/h4-6,8,10,13,20-22,25,34,41,44-45,60H,7,9,11-12,14-19,24H2,1-3H3,(H,52,58)(H,53,59)/t34?,41?,44?,45-,47?/m0/s1. The Morgan fingerprint density at radius 1 is 0.921 bits per heavy atom. The van der Waals surface area contributed by atoms with Gasteiger partial charge < -0.3 is 30.3 Å². The highest BCUT2D eigenvalue weighted by molar-refractivity contribution is 6.22. The van der Waals surface area contributed by atoms with Crippen LogP contribution in [0.5, 0.6) is 5.75 Å². The molecule has 5 atom stereocenters. The number of piperidine rings is 2. The van der Waals surface area contributed by atoms with E-state index in [4.69, 9.17) is 4.74 Å². The molecule has 6 heterocycles. The highest BCUT2D eigenvalue weighted by Gasteiger charge is 2.69. The van der Waals surface area contributed by atoms with E-state index in [1.165, 1.54) is 12.1 Å². The number of halogens is 2. The van der Waals surface area contributed by atoms with E-state index < -0.39 is 46.5 Å². The van der Waals surface area contributed by atoms with E-state index in [1.54, 1.807) is 24.4 Å². The van der Waals surface area contributed by atoms with Crippen molar-refractivity contribution in [2.75, 3.05) is 55.6 Å². The maximum Gasteiger partial charge on any atom is 0.262 e. The molecule has 4 amide bonds. The Morgan fingerprint density at radius 3 is 2.32 bits per heavy atom. The Morgan fingerprint density at radius 2 is 1.62 bits per heavy atom. The number of hydrogen-bond acceptors (Lipinski definition) is 11. The lowest BCUT2D eigenvalue weighted by Crippen LogP contribution is -2.78. The number of hydrogen-bond donors (Lipinski definition) is 3. The van der Waals surface area contributed by atoms with Crippen LogP contribution in [0, 0.1) is 34.3 Å². The maximum atomic E-state index is 15.9. The lowest BCUT2D eigenvalue weighted by molar-refractivity contribution is -0.131. The van der Waals surface area contributed by atoms with Crippen molar-refractivity contribution < 1.29 is 37.8 Å². The van der Waals surface area contributed by atoms with Crippen molar-refractivity contribution in [1.82, 2.24) is 25.4 Å². The van der Waals surface area contributed by atoms with Gasteiger partial charge in [-0.25, -0.2) is 8.78 Å². The monoisotopic (exact) mass is 858 g/mol. The summed E-state index contributed by atoms with van der Waals surface area (Å²) in [6.45, 7) is 10.7. The van der Waals surface area contributed by atoms with Gasteiger partial charge in [0.1, 0.15) is 35.8 Å². The molecular formula is C47H48F2N8O6. The van der Waals surface area contributed by atoms with Gasteiger partial charge in [-0.05, 0) is 86.2 Å². The third-order valence-electron chi connectivity index (χ3n) is 14.7. The summed E-state index contributed by atoms with van der Waals surface area (Å²) in [5.74, 6) is -2.04. The summed E-state index contributed by atoms with van der Waals surface area (Å²) < 4.78 is 37.9. The van der Waals surface area contributed by atoms with Crippen molar-refractivity contribution in [3.63, 3.8) is 0 Å².